The van der Waals surface area contributed by atoms with Gasteiger partial charge >= 0.3 is 0 Å². The number of rotatable bonds is 4. The molecule has 1 aromatic carbocycles. The topological polar surface area (TPSA) is 46.5 Å². The lowest BCUT2D eigenvalue weighted by Crippen LogP contribution is -2.05. The molecule has 0 aliphatic rings. The van der Waals surface area contributed by atoms with Crippen LogP contribution in [0.15, 0.2) is 29.4 Å². The first kappa shape index (κ1) is 12.6. The minimum absolute atomic E-state index is 0.439. The quantitative estimate of drug-likeness (QED) is 0.729. The van der Waals surface area contributed by atoms with Gasteiger partial charge in [0.1, 0.15) is 0 Å². The molecule has 0 N–H and O–H groups in total. The Labute approximate surface area is 95.8 Å². The van der Waals surface area contributed by atoms with Gasteiger partial charge in [-0.05, 0) is 30.4 Å². The predicted octanol–water partition coefficient (Wildman–Crippen LogP) is 3.28. The zero-order valence-corrected chi connectivity index (χ0v) is 9.93. The minimum Gasteiger partial charge on any atom is -0.268 e. The number of carbonyl (C=O) groups excluding carboxylic acids is 1. The highest BCUT2D eigenvalue weighted by molar-refractivity contribution is 5.83. The average molecular weight is 219 g/mol. The van der Waals surface area contributed by atoms with Gasteiger partial charge in [-0.15, -0.1) is 4.91 Å². The Bertz CT molecular complexity index is 368. The lowest BCUT2D eigenvalue weighted by atomic mass is 9.96. The van der Waals surface area contributed by atoms with Crippen molar-refractivity contribution >= 4 is 5.91 Å². The summed E-state index contributed by atoms with van der Waals surface area (Å²) in [6, 6.07) is 7.80. The van der Waals surface area contributed by atoms with Crippen LogP contribution in [-0.2, 0) is 11.2 Å². The Morgan fingerprint density at radius 2 is 1.75 bits per heavy atom. The smallest absolute Gasteiger partial charge is 0.268 e. The highest BCUT2D eigenvalue weighted by Gasteiger charge is 2.15. The molecule has 0 fully saturated rings. The molecule has 0 aliphatic heterocycles. The standard InChI is InChI=1S/C13H17NO2/c1-9(2)8-11-4-6-12(7-5-11)10(3)13(15)14-16/h4-7,9-10H,8H2,1-3H3. The summed E-state index contributed by atoms with van der Waals surface area (Å²) in [5.41, 5.74) is 2.09. The van der Waals surface area contributed by atoms with Crippen molar-refractivity contribution in [3.8, 4) is 0 Å². The molecule has 1 rings (SSSR count). The second-order valence-corrected chi connectivity index (χ2v) is 4.49. The van der Waals surface area contributed by atoms with Gasteiger partial charge in [-0.1, -0.05) is 38.1 Å². The van der Waals surface area contributed by atoms with Gasteiger partial charge in [-0.2, -0.15) is 0 Å². The van der Waals surface area contributed by atoms with E-state index >= 15 is 0 Å². The number of hydrogen-bond acceptors (Lipinski definition) is 2. The lowest BCUT2D eigenvalue weighted by Gasteiger charge is -2.08. The molecule has 3 heteroatoms. The first-order valence-corrected chi connectivity index (χ1v) is 5.50. The van der Waals surface area contributed by atoms with Crippen molar-refractivity contribution in [2.45, 2.75) is 33.1 Å². The monoisotopic (exact) mass is 219 g/mol. The van der Waals surface area contributed by atoms with Crippen molar-refractivity contribution in [1.29, 1.82) is 0 Å². The van der Waals surface area contributed by atoms with E-state index in [4.69, 9.17) is 0 Å². The van der Waals surface area contributed by atoms with Crippen molar-refractivity contribution in [2.75, 3.05) is 0 Å². The van der Waals surface area contributed by atoms with E-state index in [1.54, 1.807) is 6.92 Å². The van der Waals surface area contributed by atoms with E-state index in [0.29, 0.717) is 5.92 Å². The highest BCUT2D eigenvalue weighted by Crippen LogP contribution is 2.18. The van der Waals surface area contributed by atoms with Crippen LogP contribution in [0.25, 0.3) is 0 Å². The molecule has 0 aliphatic carbocycles. The van der Waals surface area contributed by atoms with Crippen LogP contribution in [-0.4, -0.2) is 5.91 Å². The van der Waals surface area contributed by atoms with Crippen LogP contribution in [0.5, 0.6) is 0 Å². The van der Waals surface area contributed by atoms with Gasteiger partial charge in [-0.25, -0.2) is 0 Å². The second-order valence-electron chi connectivity index (χ2n) is 4.49. The Balaban J connectivity index is 2.78. The molecule has 0 saturated carbocycles. The zero-order valence-electron chi connectivity index (χ0n) is 9.93. The van der Waals surface area contributed by atoms with Gasteiger partial charge < -0.3 is 0 Å². The van der Waals surface area contributed by atoms with E-state index in [9.17, 15) is 9.70 Å². The summed E-state index contributed by atoms with van der Waals surface area (Å²) in [6.45, 7) is 6.02. The molecule has 0 heterocycles. The van der Waals surface area contributed by atoms with Gasteiger partial charge in [0.05, 0.1) is 5.92 Å². The van der Waals surface area contributed by atoms with E-state index in [-0.39, 0.29) is 0 Å². The molecule has 0 aromatic heterocycles. The minimum atomic E-state index is -0.614. The van der Waals surface area contributed by atoms with Crippen molar-refractivity contribution < 1.29 is 4.79 Å². The fourth-order valence-electron chi connectivity index (χ4n) is 1.64. The maximum absolute atomic E-state index is 11.1. The van der Waals surface area contributed by atoms with Crippen molar-refractivity contribution in [2.24, 2.45) is 11.1 Å². The Morgan fingerprint density at radius 1 is 1.19 bits per heavy atom. The molecule has 0 spiro atoms. The van der Waals surface area contributed by atoms with Gasteiger partial charge in [0.15, 0.2) is 0 Å². The van der Waals surface area contributed by atoms with E-state index < -0.39 is 11.8 Å². The molecule has 16 heavy (non-hydrogen) atoms. The predicted molar refractivity (Wildman–Crippen MR) is 64.2 cm³/mol. The molecule has 0 bridgehead atoms. The molecule has 1 amide bonds. The van der Waals surface area contributed by atoms with Crippen LogP contribution in [0.3, 0.4) is 0 Å². The van der Waals surface area contributed by atoms with Crippen molar-refractivity contribution in [1.82, 2.24) is 0 Å². The van der Waals surface area contributed by atoms with Crippen molar-refractivity contribution in [3.05, 3.63) is 40.3 Å². The van der Waals surface area contributed by atoms with Crippen LogP contribution >= 0.6 is 0 Å². The summed E-state index contributed by atoms with van der Waals surface area (Å²) < 4.78 is 0. The summed E-state index contributed by atoms with van der Waals surface area (Å²) in [7, 11) is 0. The summed E-state index contributed by atoms with van der Waals surface area (Å²) in [5, 5.41) is 2.45. The fourth-order valence-corrected chi connectivity index (χ4v) is 1.64. The summed E-state index contributed by atoms with van der Waals surface area (Å²) in [5.74, 6) is -0.441. The van der Waals surface area contributed by atoms with Gasteiger partial charge in [-0.3, -0.25) is 4.79 Å². The van der Waals surface area contributed by atoms with E-state index in [2.05, 4.69) is 19.0 Å². The first-order chi connectivity index (χ1) is 7.54. The van der Waals surface area contributed by atoms with E-state index in [0.717, 1.165) is 12.0 Å². The third-order valence-electron chi connectivity index (χ3n) is 2.58. The van der Waals surface area contributed by atoms with Crippen LogP contribution in [0.4, 0.5) is 0 Å². The highest BCUT2D eigenvalue weighted by atomic mass is 16.3. The normalized spacial score (nSPS) is 12.5. The van der Waals surface area contributed by atoms with Gasteiger partial charge in [0.2, 0.25) is 0 Å². The first-order valence-electron chi connectivity index (χ1n) is 5.50. The number of amides is 1. The number of nitroso groups, excluding NO2 is 1. The number of benzene rings is 1. The summed E-state index contributed by atoms with van der Waals surface area (Å²) in [4.78, 5) is 21.2. The molecule has 86 valence electrons. The summed E-state index contributed by atoms with van der Waals surface area (Å²) >= 11 is 0. The molecular formula is C13H17NO2. The third kappa shape index (κ3) is 3.26. The Morgan fingerprint density at radius 3 is 2.19 bits per heavy atom. The van der Waals surface area contributed by atoms with Crippen LogP contribution in [0.2, 0.25) is 0 Å². The molecule has 1 unspecified atom stereocenters. The molecule has 0 saturated heterocycles. The van der Waals surface area contributed by atoms with Crippen LogP contribution < -0.4 is 0 Å². The van der Waals surface area contributed by atoms with Crippen LogP contribution in [0.1, 0.15) is 37.8 Å². The van der Waals surface area contributed by atoms with Crippen molar-refractivity contribution in [3.63, 3.8) is 0 Å². The number of nitrogens with zero attached hydrogens (tertiary/aromatic N) is 1. The van der Waals surface area contributed by atoms with Gasteiger partial charge in [0.25, 0.3) is 5.91 Å². The van der Waals surface area contributed by atoms with Gasteiger partial charge in [0, 0.05) is 5.18 Å². The molecule has 0 radical (unpaired) electrons. The molecular weight excluding hydrogens is 202 g/mol. The second kappa shape index (κ2) is 5.54. The average Bonchev–Trinajstić information content (AvgIpc) is 2.27. The number of hydrogen-bond donors (Lipinski definition) is 0. The third-order valence-corrected chi connectivity index (χ3v) is 2.58. The fraction of sp³-hybridized carbons (Fsp3) is 0.462. The largest absolute Gasteiger partial charge is 0.293 e. The van der Waals surface area contributed by atoms with E-state index in [1.165, 1.54) is 5.56 Å². The summed E-state index contributed by atoms with van der Waals surface area (Å²) in [6.07, 6.45) is 1.02. The molecule has 3 nitrogen and oxygen atoms in total. The maximum atomic E-state index is 11.1. The Hall–Kier alpha value is -1.51. The zero-order chi connectivity index (χ0) is 12.1. The molecule has 1 aromatic rings. The lowest BCUT2D eigenvalue weighted by molar-refractivity contribution is -0.119. The maximum Gasteiger partial charge on any atom is 0.293 e. The van der Waals surface area contributed by atoms with Crippen LogP contribution in [0, 0.1) is 10.8 Å². The molecule has 1 atom stereocenters. The number of carbonyl (C=O) groups is 1. The SMILES string of the molecule is CC(C)Cc1ccc(C(C)C(=O)N=O)cc1. The Kier molecular flexibility index (Phi) is 4.35. The van der Waals surface area contributed by atoms with E-state index in [1.807, 2.05) is 24.3 Å².